The second-order valence-electron chi connectivity index (χ2n) is 22.5. The first-order valence-corrected chi connectivity index (χ1v) is 33.6. The van der Waals surface area contributed by atoms with E-state index >= 15 is 0 Å². The molecule has 0 spiro atoms. The van der Waals surface area contributed by atoms with Crippen LogP contribution in [0.2, 0.25) is 5.02 Å². The third-order valence-corrected chi connectivity index (χ3v) is 14.8. The number of carbonyl (C=O) groups excluding carboxylic acids is 5. The van der Waals surface area contributed by atoms with Gasteiger partial charge >= 0.3 is 37.8 Å². The van der Waals surface area contributed by atoms with Crippen molar-refractivity contribution in [2.75, 3.05) is 79.3 Å². The molecule has 98 heavy (non-hydrogen) atoms. The topological polar surface area (TPSA) is 265 Å². The van der Waals surface area contributed by atoms with Gasteiger partial charge in [-0.3, -0.25) is 4.79 Å². The zero-order valence-electron chi connectivity index (χ0n) is 56.4. The third-order valence-electron chi connectivity index (χ3n) is 14.5. The Morgan fingerprint density at radius 1 is 0.367 bits per heavy atom. The molecule has 4 atom stereocenters. The highest BCUT2D eigenvalue weighted by Gasteiger charge is 2.51. The molecule has 8 rings (SSSR count). The second kappa shape index (κ2) is 44.3. The van der Waals surface area contributed by atoms with Crippen LogP contribution in [0.4, 0.5) is 36.7 Å². The van der Waals surface area contributed by atoms with Crippen molar-refractivity contribution in [2.45, 2.75) is 187 Å². The van der Waals surface area contributed by atoms with Crippen molar-refractivity contribution in [1.82, 2.24) is 0 Å². The Bertz CT molecular complexity index is 2890. The van der Waals surface area contributed by atoms with Gasteiger partial charge < -0.3 is 85.3 Å². The van der Waals surface area contributed by atoms with Gasteiger partial charge in [0, 0.05) is 36.3 Å². The molecule has 546 valence electrons. The Morgan fingerprint density at radius 2 is 0.592 bits per heavy atom. The molecular weight excluding hydrogens is 1320 g/mol. The summed E-state index contributed by atoms with van der Waals surface area (Å²) in [4.78, 5) is 56.3. The van der Waals surface area contributed by atoms with Gasteiger partial charge in [-0.1, -0.05) is 37.3 Å². The van der Waals surface area contributed by atoms with Crippen molar-refractivity contribution in [3.8, 4) is 34.5 Å². The number of ether oxygens (including phenoxy) is 18. The molecule has 4 aliphatic heterocycles. The summed E-state index contributed by atoms with van der Waals surface area (Å²) < 4.78 is 140. The van der Waals surface area contributed by atoms with Crippen molar-refractivity contribution in [1.29, 1.82) is 0 Å². The minimum atomic E-state index is -2.83. The van der Waals surface area contributed by atoms with Crippen LogP contribution < -0.4 is 28.4 Å². The number of benzene rings is 4. The summed E-state index contributed by atoms with van der Waals surface area (Å²) in [6.45, 7) is 7.96. The Morgan fingerprint density at radius 3 is 0.827 bits per heavy atom. The monoisotopic (exact) mass is 1410 g/mol. The van der Waals surface area contributed by atoms with E-state index in [0.717, 1.165) is 101 Å². The Balaban J connectivity index is 0.000000236. The third kappa shape index (κ3) is 35.2. The summed E-state index contributed by atoms with van der Waals surface area (Å²) in [6, 6.07) is 26.6. The minimum absolute atomic E-state index is 0.0443. The van der Waals surface area contributed by atoms with Gasteiger partial charge in [0.15, 0.2) is 5.78 Å². The molecular formula is C70H93ClF4O23. The van der Waals surface area contributed by atoms with E-state index in [2.05, 4.69) is 9.47 Å². The standard InChI is InChI=1S/C18H24F2O6.C18H24O6.C17H23ClO5.C17H22F2O6/c1-2-22-17(21)26-18(13-24-18)11-5-3-4-6-12-23-14-7-9-15(10-8-14)25-16(19)20;1-3-21-17(20)24-18(13-23-18)11-5-4-6-12-22-16-9-7-15(8-10-16)14(2)19;1-2-20-16(19)23-17(13-22-17)11-5-3-4-6-12-21-15-9-7-14(18)8-10-15;1-2-21-16(20)25-17(12-23-17)10-4-3-5-11-22-13-6-8-14(9-7-13)24-15(18)19/h7-10,16H,2-6,11-13H2,1H3;7-10H,3-6,11-13H2,1-2H3;7-10H,2-6,11-13H2,1H3;6-9,15H,2-5,10-12H2,1H3. The van der Waals surface area contributed by atoms with Crippen LogP contribution in [0.5, 0.6) is 34.5 Å². The molecule has 0 radical (unpaired) electrons. The zero-order chi connectivity index (χ0) is 70.9. The van der Waals surface area contributed by atoms with E-state index in [0.29, 0.717) is 114 Å². The van der Waals surface area contributed by atoms with Gasteiger partial charge in [0.05, 0.1) is 52.9 Å². The normalized spacial score (nSPS) is 18.8. The highest BCUT2D eigenvalue weighted by Crippen LogP contribution is 2.38. The van der Waals surface area contributed by atoms with Gasteiger partial charge in [0.2, 0.25) is 23.1 Å². The Hall–Kier alpha value is -7.72. The van der Waals surface area contributed by atoms with Crippen LogP contribution in [0.25, 0.3) is 0 Å². The molecule has 28 heteroatoms. The first-order chi connectivity index (χ1) is 47.2. The van der Waals surface area contributed by atoms with Gasteiger partial charge in [0.25, 0.3) is 0 Å². The quantitative estimate of drug-likeness (QED) is 0.00995. The molecule has 4 saturated heterocycles. The lowest BCUT2D eigenvalue weighted by molar-refractivity contribution is -0.0505. The van der Waals surface area contributed by atoms with E-state index in [4.69, 9.17) is 87.4 Å². The first kappa shape index (κ1) is 81.0. The number of alkyl halides is 4. The number of rotatable bonds is 43. The van der Waals surface area contributed by atoms with Crippen LogP contribution in [0.1, 0.15) is 161 Å². The molecule has 0 aliphatic carbocycles. The molecule has 0 aromatic heterocycles. The first-order valence-electron chi connectivity index (χ1n) is 33.2. The summed E-state index contributed by atoms with van der Waals surface area (Å²) in [5.41, 5.74) is 0.679. The van der Waals surface area contributed by atoms with E-state index in [-0.39, 0.29) is 30.5 Å². The largest absolute Gasteiger partial charge is 0.510 e. The number of hydrogen-bond donors (Lipinski definition) is 0. The summed E-state index contributed by atoms with van der Waals surface area (Å²) >= 11 is 5.82. The summed E-state index contributed by atoms with van der Waals surface area (Å²) in [6.07, 6.45) is 12.8. The summed E-state index contributed by atoms with van der Waals surface area (Å²) in [5, 5.41) is 0.707. The lowest BCUT2D eigenvalue weighted by Crippen LogP contribution is -2.22. The Labute approximate surface area is 574 Å². The highest BCUT2D eigenvalue weighted by molar-refractivity contribution is 6.30. The fourth-order valence-electron chi connectivity index (χ4n) is 9.09. The molecule has 4 aliphatic rings. The average Bonchev–Trinajstić information content (AvgIpc) is 1.69. The zero-order valence-corrected chi connectivity index (χ0v) is 57.1. The van der Waals surface area contributed by atoms with Crippen LogP contribution in [0.15, 0.2) is 97.1 Å². The minimum Gasteiger partial charge on any atom is -0.494 e. The molecule has 4 unspecified atom stereocenters. The van der Waals surface area contributed by atoms with Gasteiger partial charge in [-0.15, -0.1) is 0 Å². The van der Waals surface area contributed by atoms with E-state index in [1.165, 1.54) is 31.2 Å². The van der Waals surface area contributed by atoms with Crippen molar-refractivity contribution in [3.63, 3.8) is 0 Å². The highest BCUT2D eigenvalue weighted by atomic mass is 35.5. The maximum Gasteiger partial charge on any atom is 0.510 e. The Kier molecular flexibility index (Phi) is 36.6. The molecule has 0 bridgehead atoms. The fraction of sp³-hybridized carbons (Fsp3) is 0.586. The maximum atomic E-state index is 12.1. The van der Waals surface area contributed by atoms with Crippen LogP contribution in [-0.4, -0.2) is 146 Å². The molecule has 0 saturated carbocycles. The number of hydrogen-bond acceptors (Lipinski definition) is 23. The number of unbranched alkanes of at least 4 members (excludes halogenated alkanes) is 10. The molecule has 4 fully saturated rings. The van der Waals surface area contributed by atoms with Crippen LogP contribution in [0, 0.1) is 0 Å². The summed E-state index contributed by atoms with van der Waals surface area (Å²) in [5.74, 6) is -0.0560. The van der Waals surface area contributed by atoms with Gasteiger partial charge in [-0.2, -0.15) is 17.6 Å². The number of Topliss-reactive ketones (excluding diaryl/α,β-unsaturated/α-hetero) is 1. The average molecular weight is 1410 g/mol. The predicted molar refractivity (Wildman–Crippen MR) is 346 cm³/mol. The van der Waals surface area contributed by atoms with Crippen molar-refractivity contribution < 1.29 is 127 Å². The smallest absolute Gasteiger partial charge is 0.494 e. The molecule has 0 N–H and O–H groups in total. The van der Waals surface area contributed by atoms with Crippen molar-refractivity contribution >= 4 is 42.0 Å². The number of epoxide rings is 4. The lowest BCUT2D eigenvalue weighted by Gasteiger charge is -2.12. The molecule has 4 heterocycles. The van der Waals surface area contributed by atoms with Crippen LogP contribution in [0.3, 0.4) is 0 Å². The van der Waals surface area contributed by atoms with Crippen molar-refractivity contribution in [2.24, 2.45) is 0 Å². The second-order valence-corrected chi connectivity index (χ2v) is 23.0. The SMILES string of the molecule is CCOC(=O)OC1(CCCCCCOc2ccc(Cl)cc2)CO1.CCOC(=O)OC1(CCCCCCOc2ccc(OC(F)F)cc2)CO1.CCOC(=O)OC1(CCCCCOc2ccc(C(C)=O)cc2)CO1.CCOC(=O)OC1(CCCCCOc2ccc(OC(F)F)cc2)CO1. The van der Waals surface area contributed by atoms with E-state index in [1.807, 2.05) is 24.3 Å². The molecule has 4 aromatic carbocycles. The van der Waals surface area contributed by atoms with Gasteiger partial charge in [-0.25, -0.2) is 19.2 Å². The van der Waals surface area contributed by atoms with Gasteiger partial charge in [0.1, 0.15) is 60.9 Å². The lowest BCUT2D eigenvalue weighted by atomic mass is 10.1. The fourth-order valence-corrected chi connectivity index (χ4v) is 9.22. The number of halogens is 5. The van der Waals surface area contributed by atoms with Crippen LogP contribution in [-0.2, 0) is 56.8 Å². The molecule has 23 nitrogen and oxygen atoms in total. The molecule has 0 amide bonds. The van der Waals surface area contributed by atoms with E-state index in [9.17, 15) is 41.5 Å². The molecule has 4 aromatic rings. The van der Waals surface area contributed by atoms with Gasteiger partial charge in [-0.05, 0) is 196 Å². The van der Waals surface area contributed by atoms with Crippen molar-refractivity contribution in [3.05, 3.63) is 108 Å². The predicted octanol–water partition coefficient (Wildman–Crippen LogP) is 16.9. The summed E-state index contributed by atoms with van der Waals surface area (Å²) in [7, 11) is 0. The van der Waals surface area contributed by atoms with Crippen LogP contribution >= 0.6 is 11.6 Å². The number of carbonyl (C=O) groups is 5. The van der Waals surface area contributed by atoms with E-state index in [1.54, 1.807) is 76.2 Å². The maximum absolute atomic E-state index is 12.1. The van der Waals surface area contributed by atoms with E-state index < -0.39 is 61.0 Å². The number of ketones is 1.